The number of rotatable bonds is 9. The van der Waals surface area contributed by atoms with Gasteiger partial charge in [0, 0.05) is 18.5 Å². The Bertz CT molecular complexity index is 1440. The highest BCUT2D eigenvalue weighted by molar-refractivity contribution is 7.09. The van der Waals surface area contributed by atoms with E-state index in [1.54, 1.807) is 11.4 Å². The van der Waals surface area contributed by atoms with Gasteiger partial charge in [0.25, 0.3) is 5.91 Å². The van der Waals surface area contributed by atoms with Gasteiger partial charge >= 0.3 is 6.18 Å². The molecular formula is C29H26F3N3O3S. The van der Waals surface area contributed by atoms with Crippen molar-refractivity contribution in [1.82, 2.24) is 15.2 Å². The summed E-state index contributed by atoms with van der Waals surface area (Å²) in [5.74, 6) is 1.00. The lowest BCUT2D eigenvalue weighted by molar-refractivity contribution is -0.137. The number of nitrogens with one attached hydrogen (secondary N) is 1. The van der Waals surface area contributed by atoms with E-state index < -0.39 is 11.7 Å². The molecule has 39 heavy (non-hydrogen) atoms. The van der Waals surface area contributed by atoms with Crippen molar-refractivity contribution >= 4 is 17.2 Å². The second-order valence-corrected chi connectivity index (χ2v) is 10.2. The van der Waals surface area contributed by atoms with Crippen molar-refractivity contribution in [3.05, 3.63) is 111 Å². The molecule has 2 heterocycles. The molecule has 0 radical (unpaired) electrons. The first-order chi connectivity index (χ1) is 18.7. The van der Waals surface area contributed by atoms with E-state index in [4.69, 9.17) is 9.47 Å². The molecule has 1 aliphatic rings. The summed E-state index contributed by atoms with van der Waals surface area (Å²) in [5.41, 5.74) is 2.04. The van der Waals surface area contributed by atoms with Gasteiger partial charge in [-0.3, -0.25) is 9.69 Å². The van der Waals surface area contributed by atoms with Crippen LogP contribution in [0.3, 0.4) is 0 Å². The Morgan fingerprint density at radius 2 is 1.72 bits per heavy atom. The van der Waals surface area contributed by atoms with Crippen molar-refractivity contribution in [2.45, 2.75) is 38.8 Å². The van der Waals surface area contributed by atoms with E-state index in [0.29, 0.717) is 40.9 Å². The number of benzene rings is 3. The number of aromatic nitrogens is 1. The molecule has 0 saturated heterocycles. The Morgan fingerprint density at radius 1 is 0.974 bits per heavy atom. The van der Waals surface area contributed by atoms with Crippen LogP contribution in [0.4, 0.5) is 13.2 Å². The van der Waals surface area contributed by atoms with Crippen molar-refractivity contribution in [2.75, 3.05) is 6.79 Å². The van der Waals surface area contributed by atoms with E-state index in [1.165, 1.54) is 23.5 Å². The minimum atomic E-state index is -4.42. The highest BCUT2D eigenvalue weighted by atomic mass is 32.1. The van der Waals surface area contributed by atoms with Crippen LogP contribution in [0, 0.1) is 0 Å². The summed E-state index contributed by atoms with van der Waals surface area (Å²) in [7, 11) is 0. The molecule has 1 aliphatic heterocycles. The van der Waals surface area contributed by atoms with E-state index in [1.807, 2.05) is 60.4 Å². The van der Waals surface area contributed by atoms with Crippen LogP contribution in [-0.2, 0) is 25.8 Å². The fourth-order valence-corrected chi connectivity index (χ4v) is 5.16. The summed E-state index contributed by atoms with van der Waals surface area (Å²) in [6, 6.07) is 20.3. The van der Waals surface area contributed by atoms with Gasteiger partial charge < -0.3 is 14.8 Å². The Kier molecular flexibility index (Phi) is 7.85. The van der Waals surface area contributed by atoms with Crippen LogP contribution in [0.2, 0.25) is 0 Å². The summed E-state index contributed by atoms with van der Waals surface area (Å²) in [6.07, 6.45) is -4.42. The number of carbonyl (C=O) groups is 1. The molecule has 1 aromatic heterocycles. The lowest BCUT2D eigenvalue weighted by Gasteiger charge is -2.22. The first-order valence-corrected chi connectivity index (χ1v) is 13.2. The van der Waals surface area contributed by atoms with Gasteiger partial charge in [-0.25, -0.2) is 4.98 Å². The molecule has 4 aromatic rings. The second-order valence-electron chi connectivity index (χ2n) is 9.26. The maximum Gasteiger partial charge on any atom is 0.416 e. The fraction of sp³-hybridized carbons (Fsp3) is 0.241. The van der Waals surface area contributed by atoms with Gasteiger partial charge in [0.2, 0.25) is 6.79 Å². The lowest BCUT2D eigenvalue weighted by atomic mass is 10.1. The van der Waals surface area contributed by atoms with E-state index in [-0.39, 0.29) is 25.3 Å². The Morgan fingerprint density at radius 3 is 2.49 bits per heavy atom. The van der Waals surface area contributed by atoms with Crippen LogP contribution in [0.15, 0.2) is 78.2 Å². The predicted molar refractivity (Wildman–Crippen MR) is 141 cm³/mol. The summed E-state index contributed by atoms with van der Waals surface area (Å²) in [5, 5.41) is 5.34. The Balaban J connectivity index is 1.33. The second kappa shape index (κ2) is 11.5. The van der Waals surface area contributed by atoms with Crippen LogP contribution in [0.1, 0.15) is 50.7 Å². The molecule has 3 aromatic carbocycles. The van der Waals surface area contributed by atoms with Crippen LogP contribution >= 0.6 is 11.3 Å². The van der Waals surface area contributed by atoms with Crippen molar-refractivity contribution in [3.8, 4) is 11.5 Å². The Labute approximate surface area is 228 Å². The number of carbonyl (C=O) groups excluding carboxylic acids is 1. The SMILES string of the molecule is CC(NC(=O)c1csc(CN(Cc2cccc(C(F)(F)F)c2)Cc2ccc3c(c2)OCO3)n1)c1ccccc1. The highest BCUT2D eigenvalue weighted by Gasteiger charge is 2.30. The van der Waals surface area contributed by atoms with Gasteiger partial charge in [-0.1, -0.05) is 54.6 Å². The molecule has 1 amide bonds. The number of thiazole rings is 1. The van der Waals surface area contributed by atoms with E-state index in [2.05, 4.69) is 10.3 Å². The molecule has 202 valence electrons. The van der Waals surface area contributed by atoms with E-state index >= 15 is 0 Å². The standard InChI is InChI=1S/C29H26F3N3O3S/c1-19(22-7-3-2-4-8-22)33-28(36)24-17-39-27(34-24)16-35(14-20-6-5-9-23(12-20)29(30,31)32)15-21-10-11-25-26(13-21)38-18-37-25/h2-13,17,19H,14-16,18H2,1H3,(H,33,36). The third kappa shape index (κ3) is 6.76. The third-order valence-electron chi connectivity index (χ3n) is 6.29. The largest absolute Gasteiger partial charge is 0.454 e. The van der Waals surface area contributed by atoms with Gasteiger partial charge in [0.1, 0.15) is 10.7 Å². The summed E-state index contributed by atoms with van der Waals surface area (Å²) < 4.78 is 50.8. The zero-order valence-electron chi connectivity index (χ0n) is 21.1. The van der Waals surface area contributed by atoms with Crippen LogP contribution in [0.25, 0.3) is 0 Å². The number of ether oxygens (including phenoxy) is 2. The molecule has 10 heteroatoms. The van der Waals surface area contributed by atoms with E-state index in [0.717, 1.165) is 17.2 Å². The van der Waals surface area contributed by atoms with Gasteiger partial charge in [-0.05, 0) is 41.8 Å². The van der Waals surface area contributed by atoms with Crippen LogP contribution in [-0.4, -0.2) is 22.6 Å². The summed E-state index contributed by atoms with van der Waals surface area (Å²) >= 11 is 1.34. The lowest BCUT2D eigenvalue weighted by Crippen LogP contribution is -2.27. The molecule has 5 rings (SSSR count). The van der Waals surface area contributed by atoms with Gasteiger partial charge in [-0.15, -0.1) is 11.3 Å². The molecule has 0 aliphatic carbocycles. The molecule has 1 unspecified atom stereocenters. The van der Waals surface area contributed by atoms with E-state index in [9.17, 15) is 18.0 Å². The number of nitrogens with zero attached hydrogens (tertiary/aromatic N) is 2. The smallest absolute Gasteiger partial charge is 0.416 e. The maximum atomic E-state index is 13.3. The predicted octanol–water partition coefficient (Wildman–Crippen LogP) is 6.58. The maximum absolute atomic E-state index is 13.3. The number of hydrogen-bond acceptors (Lipinski definition) is 6. The van der Waals surface area contributed by atoms with Crippen LogP contribution < -0.4 is 14.8 Å². The Hall–Kier alpha value is -3.89. The van der Waals surface area contributed by atoms with Crippen molar-refractivity contribution in [2.24, 2.45) is 0 Å². The monoisotopic (exact) mass is 553 g/mol. The average Bonchev–Trinajstić information content (AvgIpc) is 3.58. The molecule has 0 saturated carbocycles. The molecular weight excluding hydrogens is 527 g/mol. The van der Waals surface area contributed by atoms with Crippen molar-refractivity contribution in [1.29, 1.82) is 0 Å². The molecule has 0 spiro atoms. The summed E-state index contributed by atoms with van der Waals surface area (Å²) in [4.78, 5) is 19.4. The third-order valence-corrected chi connectivity index (χ3v) is 7.13. The molecule has 1 N–H and O–H groups in total. The fourth-order valence-electron chi connectivity index (χ4n) is 4.34. The average molecular weight is 554 g/mol. The topological polar surface area (TPSA) is 63.7 Å². The minimum absolute atomic E-state index is 0.152. The molecule has 6 nitrogen and oxygen atoms in total. The quantitative estimate of drug-likeness (QED) is 0.254. The molecule has 0 bridgehead atoms. The highest BCUT2D eigenvalue weighted by Crippen LogP contribution is 2.34. The van der Waals surface area contributed by atoms with Gasteiger partial charge in [0.05, 0.1) is 18.2 Å². The van der Waals surface area contributed by atoms with Crippen molar-refractivity contribution in [3.63, 3.8) is 0 Å². The van der Waals surface area contributed by atoms with Crippen molar-refractivity contribution < 1.29 is 27.4 Å². The first-order valence-electron chi connectivity index (χ1n) is 12.3. The number of halogens is 3. The zero-order chi connectivity index (χ0) is 27.4. The van der Waals surface area contributed by atoms with Gasteiger partial charge in [-0.2, -0.15) is 13.2 Å². The molecule has 0 fully saturated rings. The van der Waals surface area contributed by atoms with Crippen LogP contribution in [0.5, 0.6) is 11.5 Å². The molecule has 1 atom stereocenters. The van der Waals surface area contributed by atoms with Gasteiger partial charge in [0.15, 0.2) is 11.5 Å². The normalized spacial score (nSPS) is 13.5. The summed E-state index contributed by atoms with van der Waals surface area (Å²) in [6.45, 7) is 3.09. The minimum Gasteiger partial charge on any atom is -0.454 e. The number of fused-ring (bicyclic) bond motifs is 1. The number of hydrogen-bond donors (Lipinski definition) is 1. The number of alkyl halides is 3. The zero-order valence-corrected chi connectivity index (χ0v) is 21.9. The number of amides is 1. The first kappa shape index (κ1) is 26.7.